The number of esters is 1. The SMILES string of the molecule is COc1cn2nc(C)cc2cc1N1c2nccc(N3CC4CCCC(C3)N4)c2CC1OC(=O)C(N)=O. The Bertz CT molecular complexity index is 1340. The molecule has 3 aromatic heterocycles. The van der Waals surface area contributed by atoms with Crippen LogP contribution in [0.1, 0.15) is 30.5 Å². The number of ether oxygens (including phenoxy) is 2. The van der Waals surface area contributed by atoms with E-state index in [2.05, 4.69) is 15.3 Å². The number of methoxy groups -OCH3 is 1. The molecular formula is C25H29N7O4. The normalized spacial score (nSPS) is 23.0. The highest BCUT2D eigenvalue weighted by atomic mass is 16.6. The van der Waals surface area contributed by atoms with Crippen molar-refractivity contribution in [2.24, 2.45) is 5.73 Å². The summed E-state index contributed by atoms with van der Waals surface area (Å²) in [6.07, 6.45) is 6.69. The number of nitrogens with two attached hydrogens (primary N) is 1. The van der Waals surface area contributed by atoms with Crippen molar-refractivity contribution in [1.82, 2.24) is 19.9 Å². The predicted octanol–water partition coefficient (Wildman–Crippen LogP) is 1.43. The molecule has 11 heteroatoms. The molecule has 2 fully saturated rings. The van der Waals surface area contributed by atoms with Gasteiger partial charge >= 0.3 is 11.9 Å². The van der Waals surface area contributed by atoms with Crippen LogP contribution in [-0.4, -0.2) is 65.0 Å². The molecule has 3 aromatic rings. The van der Waals surface area contributed by atoms with Crippen molar-refractivity contribution in [2.75, 3.05) is 30.0 Å². The molecule has 0 spiro atoms. The smallest absolute Gasteiger partial charge is 0.398 e. The van der Waals surface area contributed by atoms with Crippen molar-refractivity contribution < 1.29 is 19.1 Å². The van der Waals surface area contributed by atoms with Gasteiger partial charge in [-0.05, 0) is 38.0 Å². The van der Waals surface area contributed by atoms with Gasteiger partial charge in [-0.3, -0.25) is 9.69 Å². The molecular weight excluding hydrogens is 462 g/mol. The van der Waals surface area contributed by atoms with Crippen molar-refractivity contribution in [1.29, 1.82) is 0 Å². The quantitative estimate of drug-likeness (QED) is 0.411. The lowest BCUT2D eigenvalue weighted by atomic mass is 9.93. The molecule has 3 N–H and O–H groups in total. The van der Waals surface area contributed by atoms with Crippen molar-refractivity contribution in [2.45, 2.75) is 50.9 Å². The first-order valence-corrected chi connectivity index (χ1v) is 12.2. The molecule has 3 atom stereocenters. The summed E-state index contributed by atoms with van der Waals surface area (Å²) in [6.45, 7) is 3.73. The number of aromatic nitrogens is 3. The summed E-state index contributed by atoms with van der Waals surface area (Å²) in [4.78, 5) is 32.8. The fourth-order valence-electron chi connectivity index (χ4n) is 5.80. The highest BCUT2D eigenvalue weighted by molar-refractivity contribution is 6.31. The zero-order valence-corrected chi connectivity index (χ0v) is 20.3. The summed E-state index contributed by atoms with van der Waals surface area (Å²) in [5.41, 5.74) is 9.64. The first kappa shape index (κ1) is 22.6. The molecule has 3 unspecified atom stereocenters. The molecule has 0 saturated carbocycles. The van der Waals surface area contributed by atoms with E-state index in [1.807, 2.05) is 30.0 Å². The standard InChI is InChI=1S/C25H29N7O4/c1-14-8-17-9-20(21(35-2)13-31(17)29-14)32-22(36-25(34)23(26)33)10-18-19(6-7-27-24(18)32)30-11-15-4-3-5-16(12-30)28-15/h6-9,13,15-16,22,28H,3-5,10-12H2,1-2H3,(H2,26,33). The third kappa shape index (κ3) is 3.79. The van der Waals surface area contributed by atoms with Crippen LogP contribution in [0, 0.1) is 6.92 Å². The zero-order chi connectivity index (χ0) is 25.0. The van der Waals surface area contributed by atoms with Crippen LogP contribution < -0.4 is 25.6 Å². The number of hydrogen-bond acceptors (Lipinski definition) is 9. The second-order valence-electron chi connectivity index (χ2n) is 9.71. The van der Waals surface area contributed by atoms with Gasteiger partial charge in [0.05, 0.1) is 30.2 Å². The molecule has 1 amide bonds. The van der Waals surface area contributed by atoms with E-state index in [0.29, 0.717) is 35.8 Å². The number of rotatable bonds is 4. The van der Waals surface area contributed by atoms with E-state index >= 15 is 0 Å². The van der Waals surface area contributed by atoms with Gasteiger partial charge in [0.25, 0.3) is 0 Å². The fraction of sp³-hybridized carbons (Fsp3) is 0.440. The van der Waals surface area contributed by atoms with E-state index < -0.39 is 18.1 Å². The summed E-state index contributed by atoms with van der Waals surface area (Å²) < 4.78 is 13.1. The predicted molar refractivity (Wildman–Crippen MR) is 132 cm³/mol. The summed E-state index contributed by atoms with van der Waals surface area (Å²) in [7, 11) is 1.58. The summed E-state index contributed by atoms with van der Waals surface area (Å²) in [5, 5.41) is 8.19. The summed E-state index contributed by atoms with van der Waals surface area (Å²) in [5.74, 6) is -1.03. The van der Waals surface area contributed by atoms with Crippen molar-refractivity contribution in [3.8, 4) is 5.75 Å². The van der Waals surface area contributed by atoms with Gasteiger partial charge in [-0.1, -0.05) is 6.42 Å². The number of amides is 1. The Morgan fingerprint density at radius 3 is 2.67 bits per heavy atom. The van der Waals surface area contributed by atoms with Crippen LogP contribution in [0.3, 0.4) is 0 Å². The number of piperazine rings is 1. The molecule has 2 saturated heterocycles. The first-order chi connectivity index (χ1) is 17.4. The lowest BCUT2D eigenvalue weighted by Gasteiger charge is -2.44. The Kier molecular flexibility index (Phi) is 5.44. The topological polar surface area (TPSA) is 127 Å². The molecule has 3 aliphatic rings. The highest BCUT2D eigenvalue weighted by Crippen LogP contribution is 2.45. The van der Waals surface area contributed by atoms with Crippen molar-refractivity contribution >= 4 is 34.6 Å². The monoisotopic (exact) mass is 491 g/mol. The number of pyridine rings is 2. The van der Waals surface area contributed by atoms with Gasteiger partial charge in [0.1, 0.15) is 5.82 Å². The van der Waals surface area contributed by atoms with E-state index in [1.54, 1.807) is 24.0 Å². The van der Waals surface area contributed by atoms with Crippen LogP contribution in [-0.2, 0) is 20.7 Å². The van der Waals surface area contributed by atoms with Crippen LogP contribution in [0.15, 0.2) is 30.6 Å². The maximum atomic E-state index is 12.3. The van der Waals surface area contributed by atoms with E-state index in [9.17, 15) is 9.59 Å². The molecule has 188 valence electrons. The lowest BCUT2D eigenvalue weighted by Crippen LogP contribution is -2.59. The molecule has 0 radical (unpaired) electrons. The van der Waals surface area contributed by atoms with Crippen molar-refractivity contribution in [3.63, 3.8) is 0 Å². The van der Waals surface area contributed by atoms with Crippen LogP contribution in [0.2, 0.25) is 0 Å². The third-order valence-electron chi connectivity index (χ3n) is 7.29. The van der Waals surface area contributed by atoms with Gasteiger partial charge < -0.3 is 25.4 Å². The van der Waals surface area contributed by atoms with Gasteiger partial charge in [0, 0.05) is 49.0 Å². The van der Waals surface area contributed by atoms with Crippen LogP contribution in [0.5, 0.6) is 5.75 Å². The molecule has 0 aliphatic carbocycles. The molecule has 11 nitrogen and oxygen atoms in total. The fourth-order valence-corrected chi connectivity index (χ4v) is 5.80. The highest BCUT2D eigenvalue weighted by Gasteiger charge is 2.40. The largest absolute Gasteiger partial charge is 0.493 e. The van der Waals surface area contributed by atoms with Crippen molar-refractivity contribution in [3.05, 3.63) is 41.9 Å². The molecule has 0 aromatic carbocycles. The van der Waals surface area contributed by atoms with Gasteiger partial charge in [0.15, 0.2) is 12.0 Å². The Hall–Kier alpha value is -3.86. The number of aryl methyl sites for hydroxylation is 1. The Balaban J connectivity index is 1.46. The minimum Gasteiger partial charge on any atom is -0.493 e. The number of primary amides is 1. The van der Waals surface area contributed by atoms with E-state index in [4.69, 9.17) is 20.2 Å². The number of fused-ring (bicyclic) bond motifs is 4. The number of carbonyl (C=O) groups excluding carboxylic acids is 2. The van der Waals surface area contributed by atoms with Gasteiger partial charge in [-0.25, -0.2) is 14.3 Å². The minimum absolute atomic E-state index is 0.364. The Labute approximate surface area is 208 Å². The molecule has 6 rings (SSSR count). The first-order valence-electron chi connectivity index (χ1n) is 12.2. The van der Waals surface area contributed by atoms with Gasteiger partial charge in [-0.2, -0.15) is 5.10 Å². The van der Waals surface area contributed by atoms with E-state index in [0.717, 1.165) is 48.4 Å². The Morgan fingerprint density at radius 2 is 1.94 bits per heavy atom. The van der Waals surface area contributed by atoms with E-state index in [1.165, 1.54) is 6.42 Å². The maximum absolute atomic E-state index is 12.3. The number of nitrogens with zero attached hydrogens (tertiary/aromatic N) is 5. The number of anilines is 3. The maximum Gasteiger partial charge on any atom is 0.398 e. The molecule has 6 heterocycles. The molecule has 2 bridgehead atoms. The van der Waals surface area contributed by atoms with Crippen LogP contribution >= 0.6 is 0 Å². The summed E-state index contributed by atoms with van der Waals surface area (Å²) in [6, 6.07) is 6.80. The van der Waals surface area contributed by atoms with Crippen LogP contribution in [0.4, 0.5) is 17.2 Å². The lowest BCUT2D eigenvalue weighted by molar-refractivity contribution is -0.157. The van der Waals surface area contributed by atoms with Crippen LogP contribution in [0.25, 0.3) is 5.52 Å². The average Bonchev–Trinajstić information content (AvgIpc) is 3.40. The van der Waals surface area contributed by atoms with E-state index in [-0.39, 0.29) is 0 Å². The minimum atomic E-state index is -1.14. The number of nitrogens with one attached hydrogen (secondary N) is 1. The number of carbonyl (C=O) groups is 2. The second-order valence-corrected chi connectivity index (χ2v) is 9.71. The molecule has 3 aliphatic heterocycles. The van der Waals surface area contributed by atoms with Gasteiger partial charge in [0.2, 0.25) is 0 Å². The third-order valence-corrected chi connectivity index (χ3v) is 7.29. The van der Waals surface area contributed by atoms with Gasteiger partial charge in [-0.15, -0.1) is 0 Å². The number of hydrogen-bond donors (Lipinski definition) is 2. The average molecular weight is 492 g/mol. The molecule has 36 heavy (non-hydrogen) atoms. The number of piperidine rings is 1. The Morgan fingerprint density at radius 1 is 1.17 bits per heavy atom. The zero-order valence-electron chi connectivity index (χ0n) is 20.3. The summed E-state index contributed by atoms with van der Waals surface area (Å²) >= 11 is 0. The second kappa shape index (κ2) is 8.66.